The van der Waals surface area contributed by atoms with Gasteiger partial charge >= 0.3 is 5.97 Å². The van der Waals surface area contributed by atoms with Crippen molar-refractivity contribution in [3.8, 4) is 29.4 Å². The first-order valence-corrected chi connectivity index (χ1v) is 9.60. The number of rotatable bonds is 9. The Hall–Kier alpha value is -3.39. The molecule has 0 N–H and O–H groups in total. The Morgan fingerprint density at radius 3 is 2.59 bits per heavy atom. The van der Waals surface area contributed by atoms with Gasteiger partial charge in [0.25, 0.3) is 0 Å². The molecule has 0 unspecified atom stereocenters. The lowest BCUT2D eigenvalue weighted by molar-refractivity contribution is -0.139. The average molecular weight is 387 g/mol. The van der Waals surface area contributed by atoms with Gasteiger partial charge in [-0.05, 0) is 49.3 Å². The highest BCUT2D eigenvalue weighted by Gasteiger charge is 2.03. The predicted molar refractivity (Wildman–Crippen MR) is 117 cm³/mol. The highest BCUT2D eigenvalue weighted by molar-refractivity contribution is 5.72. The van der Waals surface area contributed by atoms with E-state index < -0.39 is 0 Å². The van der Waals surface area contributed by atoms with Crippen molar-refractivity contribution >= 4 is 5.97 Å². The number of benzene rings is 1. The van der Waals surface area contributed by atoms with Crippen molar-refractivity contribution in [2.45, 2.75) is 39.0 Å². The third kappa shape index (κ3) is 11.8. The molecule has 0 spiro atoms. The van der Waals surface area contributed by atoms with E-state index in [0.717, 1.165) is 24.8 Å². The fourth-order valence-electron chi connectivity index (χ4n) is 2.17. The summed E-state index contributed by atoms with van der Waals surface area (Å²) >= 11 is 0. The van der Waals surface area contributed by atoms with E-state index in [1.807, 2.05) is 24.3 Å². The van der Waals surface area contributed by atoms with Crippen LogP contribution in [0.1, 0.15) is 38.2 Å². The number of esters is 1. The third-order valence-corrected chi connectivity index (χ3v) is 3.71. The molecule has 3 nitrogen and oxygen atoms in total. The van der Waals surface area contributed by atoms with Crippen LogP contribution >= 0.6 is 0 Å². The van der Waals surface area contributed by atoms with Crippen molar-refractivity contribution in [1.82, 2.24) is 0 Å². The fourth-order valence-corrected chi connectivity index (χ4v) is 2.17. The lowest BCUT2D eigenvalue weighted by Crippen LogP contribution is -2.04. The number of hydrogen-bond donors (Lipinski definition) is 0. The number of carbonyl (C=O) groups is 1. The van der Waals surface area contributed by atoms with E-state index in [2.05, 4.69) is 53.2 Å². The second kappa shape index (κ2) is 15.6. The molecule has 0 heterocycles. The van der Waals surface area contributed by atoms with E-state index >= 15 is 0 Å². The van der Waals surface area contributed by atoms with Gasteiger partial charge in [-0.15, -0.1) is 5.73 Å². The maximum Gasteiger partial charge on any atom is 0.309 e. The Morgan fingerprint density at radius 2 is 1.90 bits per heavy atom. The van der Waals surface area contributed by atoms with Crippen LogP contribution in [0.5, 0.6) is 5.75 Å². The zero-order valence-electron chi connectivity index (χ0n) is 17.2. The van der Waals surface area contributed by atoms with Crippen LogP contribution in [0.4, 0.5) is 0 Å². The topological polar surface area (TPSA) is 35.5 Å². The minimum absolute atomic E-state index is 0.245. The van der Waals surface area contributed by atoms with Crippen molar-refractivity contribution < 1.29 is 14.3 Å². The molecule has 1 radical (unpaired) electrons. The van der Waals surface area contributed by atoms with Crippen LogP contribution in [-0.4, -0.2) is 19.7 Å². The van der Waals surface area contributed by atoms with E-state index in [1.165, 1.54) is 7.11 Å². The van der Waals surface area contributed by atoms with Gasteiger partial charge in [0.15, 0.2) is 0 Å². The van der Waals surface area contributed by atoms with Gasteiger partial charge in [0.2, 0.25) is 0 Å². The van der Waals surface area contributed by atoms with Gasteiger partial charge in [-0.2, -0.15) is 0 Å². The first-order valence-electron chi connectivity index (χ1n) is 9.60. The van der Waals surface area contributed by atoms with Gasteiger partial charge < -0.3 is 9.47 Å². The Bertz CT molecular complexity index is 859. The molecule has 3 heteroatoms. The Labute approximate surface area is 174 Å². The summed E-state index contributed by atoms with van der Waals surface area (Å²) in [7, 11) is 1.37. The zero-order valence-corrected chi connectivity index (χ0v) is 17.2. The van der Waals surface area contributed by atoms with Crippen LogP contribution in [0, 0.1) is 30.3 Å². The molecule has 1 aromatic rings. The van der Waals surface area contributed by atoms with Crippen molar-refractivity contribution in [3.63, 3.8) is 0 Å². The van der Waals surface area contributed by atoms with Crippen molar-refractivity contribution in [2.75, 3.05) is 13.7 Å². The van der Waals surface area contributed by atoms with Crippen LogP contribution in [0.15, 0.2) is 59.9 Å². The third-order valence-electron chi connectivity index (χ3n) is 3.71. The summed E-state index contributed by atoms with van der Waals surface area (Å²) in [6.07, 6.45) is 11.4. The molecule has 0 atom stereocenters. The van der Waals surface area contributed by atoms with Gasteiger partial charge in [0, 0.05) is 18.4 Å². The SMILES string of the molecule is [CH]=C=C(C#C/C=C\C#CCC/C=C\CC)CCOc1ccc(CC(=O)OC)cc1. The molecule has 0 amide bonds. The maximum absolute atomic E-state index is 11.3. The van der Waals surface area contributed by atoms with E-state index in [1.54, 1.807) is 12.2 Å². The number of carbonyl (C=O) groups excluding carboxylic acids is 1. The summed E-state index contributed by atoms with van der Waals surface area (Å²) in [6, 6.07) is 7.31. The fraction of sp³-hybridized carbons (Fsp3) is 0.308. The number of ether oxygens (including phenoxy) is 2. The van der Waals surface area contributed by atoms with Crippen LogP contribution in [0.3, 0.4) is 0 Å². The van der Waals surface area contributed by atoms with Crippen molar-refractivity contribution in [3.05, 3.63) is 72.0 Å². The number of hydrogen-bond acceptors (Lipinski definition) is 3. The van der Waals surface area contributed by atoms with E-state index in [-0.39, 0.29) is 12.4 Å². The maximum atomic E-state index is 11.3. The molecule has 149 valence electrons. The summed E-state index contributed by atoms with van der Waals surface area (Å²) in [5.74, 6) is 12.3. The summed E-state index contributed by atoms with van der Waals surface area (Å²) in [5, 5.41) is 0. The molecule has 0 saturated heterocycles. The molecule has 0 bridgehead atoms. The Kier molecular flexibility index (Phi) is 12.8. The molecule has 1 rings (SSSR count). The summed E-state index contributed by atoms with van der Waals surface area (Å²) in [5.41, 5.74) is 4.14. The molecular weight excluding hydrogens is 360 g/mol. The average Bonchev–Trinajstić information content (AvgIpc) is 2.74. The quantitative estimate of drug-likeness (QED) is 0.197. The van der Waals surface area contributed by atoms with Crippen molar-refractivity contribution in [2.24, 2.45) is 0 Å². The Morgan fingerprint density at radius 1 is 1.14 bits per heavy atom. The van der Waals surface area contributed by atoms with Gasteiger partial charge in [0.1, 0.15) is 5.75 Å². The lowest BCUT2D eigenvalue weighted by atomic mass is 10.1. The molecule has 1 aromatic carbocycles. The molecule has 0 aromatic heterocycles. The Balaban J connectivity index is 2.36. The molecule has 0 aliphatic heterocycles. The van der Waals surface area contributed by atoms with Crippen molar-refractivity contribution in [1.29, 1.82) is 0 Å². The normalized spacial score (nSPS) is 9.86. The number of methoxy groups -OCH3 is 1. The van der Waals surface area contributed by atoms with Gasteiger partial charge in [-0.1, -0.05) is 54.9 Å². The summed E-state index contributed by atoms with van der Waals surface area (Å²) in [6.45, 7) is 8.05. The monoisotopic (exact) mass is 387 g/mol. The van der Waals surface area contributed by atoms with E-state index in [0.29, 0.717) is 24.4 Å². The minimum Gasteiger partial charge on any atom is -0.493 e. The highest BCUT2D eigenvalue weighted by atomic mass is 16.5. The lowest BCUT2D eigenvalue weighted by Gasteiger charge is -2.06. The van der Waals surface area contributed by atoms with E-state index in [9.17, 15) is 4.79 Å². The van der Waals surface area contributed by atoms with Crippen LogP contribution in [0.25, 0.3) is 0 Å². The van der Waals surface area contributed by atoms with Crippen LogP contribution in [0.2, 0.25) is 0 Å². The zero-order chi connectivity index (χ0) is 21.2. The summed E-state index contributed by atoms with van der Waals surface area (Å²) in [4.78, 5) is 11.3. The molecule has 0 aliphatic carbocycles. The smallest absolute Gasteiger partial charge is 0.309 e. The predicted octanol–water partition coefficient (Wildman–Crippen LogP) is 4.99. The molecule has 0 saturated carbocycles. The first kappa shape index (κ1) is 23.6. The van der Waals surface area contributed by atoms with Crippen LogP contribution in [-0.2, 0) is 16.0 Å². The molecule has 29 heavy (non-hydrogen) atoms. The number of unbranched alkanes of at least 4 members (excludes halogenated alkanes) is 1. The second-order valence-corrected chi connectivity index (χ2v) is 5.96. The minimum atomic E-state index is -0.269. The second-order valence-electron chi connectivity index (χ2n) is 5.96. The largest absolute Gasteiger partial charge is 0.493 e. The first-order chi connectivity index (χ1) is 14.2. The summed E-state index contributed by atoms with van der Waals surface area (Å²) < 4.78 is 10.3. The molecule has 0 fully saturated rings. The highest BCUT2D eigenvalue weighted by Crippen LogP contribution is 2.13. The molecule has 0 aliphatic rings. The van der Waals surface area contributed by atoms with Crippen LogP contribution < -0.4 is 4.74 Å². The van der Waals surface area contributed by atoms with Gasteiger partial charge in [-0.3, -0.25) is 4.79 Å². The van der Waals surface area contributed by atoms with E-state index in [4.69, 9.17) is 11.3 Å². The number of allylic oxidation sites excluding steroid dienone is 4. The van der Waals surface area contributed by atoms with Gasteiger partial charge in [-0.25, -0.2) is 0 Å². The molecular formula is C26H27O3. The standard InChI is InChI=1S/C26H27O3/c1-4-6-7-8-9-10-11-12-13-14-15-23(5-2)20-21-29-25-18-16-24(17-19-25)22-26(27)28-3/h2,6-7,12-13,16-19H,4,8-9,20-22H2,1,3H3/b7-6-,13-12-. The van der Waals surface area contributed by atoms with Gasteiger partial charge in [0.05, 0.1) is 20.1 Å².